The van der Waals surface area contributed by atoms with Gasteiger partial charge in [0.05, 0.1) is 5.39 Å². The molecule has 0 aliphatic rings. The Bertz CT molecular complexity index is 1480. The molecule has 2 heterocycles. The zero-order valence-electron chi connectivity index (χ0n) is 19.3. The highest BCUT2D eigenvalue weighted by molar-refractivity contribution is 5.82. The van der Waals surface area contributed by atoms with Crippen molar-refractivity contribution < 1.29 is 0 Å². The molecule has 0 fully saturated rings. The lowest BCUT2D eigenvalue weighted by Gasteiger charge is -2.22. The molecule has 0 spiro atoms. The number of hydrogen-bond acceptors (Lipinski definition) is 4. The number of benzene rings is 3. The maximum absolute atomic E-state index is 13.3. The zero-order chi connectivity index (χ0) is 23.5. The molecule has 0 radical (unpaired) electrons. The Morgan fingerprint density at radius 3 is 2.15 bits per heavy atom. The van der Waals surface area contributed by atoms with Crippen LogP contribution in [0.2, 0.25) is 0 Å². The number of nitrogens with zero attached hydrogens (tertiary/aromatic N) is 3. The van der Waals surface area contributed by atoms with E-state index in [1.54, 1.807) is 6.07 Å². The van der Waals surface area contributed by atoms with E-state index >= 15 is 0 Å². The lowest BCUT2D eigenvalue weighted by atomic mass is 10.1. The zero-order valence-corrected chi connectivity index (χ0v) is 19.3. The summed E-state index contributed by atoms with van der Waals surface area (Å²) < 4.78 is 2.02. The molecule has 34 heavy (non-hydrogen) atoms. The summed E-state index contributed by atoms with van der Waals surface area (Å²) in [5, 5.41) is 4.01. The highest BCUT2D eigenvalue weighted by atomic mass is 16.1. The predicted octanol–water partition coefficient (Wildman–Crippen LogP) is 6.07. The molecule has 5 rings (SSSR count). The van der Waals surface area contributed by atoms with E-state index in [9.17, 15) is 4.79 Å². The van der Waals surface area contributed by atoms with Crippen LogP contribution in [0.4, 0.5) is 17.2 Å². The summed E-state index contributed by atoms with van der Waals surface area (Å²) in [4.78, 5) is 20.4. The Labute approximate surface area is 198 Å². The van der Waals surface area contributed by atoms with Gasteiger partial charge in [-0.1, -0.05) is 54.6 Å². The molecule has 0 unspecified atom stereocenters. The van der Waals surface area contributed by atoms with Crippen LogP contribution in [0.3, 0.4) is 0 Å². The van der Waals surface area contributed by atoms with Crippen LogP contribution in [-0.2, 0) is 6.54 Å². The van der Waals surface area contributed by atoms with E-state index in [1.807, 2.05) is 103 Å². The number of anilines is 3. The number of pyridine rings is 2. The summed E-state index contributed by atoms with van der Waals surface area (Å²) in [7, 11) is 2.05. The van der Waals surface area contributed by atoms with Gasteiger partial charge in [-0.2, -0.15) is 0 Å². The second kappa shape index (κ2) is 9.24. The summed E-state index contributed by atoms with van der Waals surface area (Å²) in [5.41, 5.74) is 5.47. The number of aromatic nitrogens is 2. The Hall–Kier alpha value is -4.38. The largest absolute Gasteiger partial charge is 0.370 e. The average molecular weight is 447 g/mol. The van der Waals surface area contributed by atoms with Crippen molar-refractivity contribution in [1.82, 2.24) is 9.55 Å². The minimum atomic E-state index is -0.0586. The fourth-order valence-corrected chi connectivity index (χ4v) is 4.16. The number of aryl methyl sites for hydroxylation is 1. The van der Waals surface area contributed by atoms with Gasteiger partial charge in [0.1, 0.15) is 11.5 Å². The van der Waals surface area contributed by atoms with Crippen molar-refractivity contribution in [3.8, 4) is 5.69 Å². The molecular formula is C29H26N4O. The van der Waals surface area contributed by atoms with Gasteiger partial charge in [0, 0.05) is 42.4 Å². The van der Waals surface area contributed by atoms with Crippen LogP contribution >= 0.6 is 0 Å². The molecule has 0 bridgehead atoms. The molecule has 3 aromatic carbocycles. The van der Waals surface area contributed by atoms with Crippen LogP contribution in [0.25, 0.3) is 16.7 Å². The van der Waals surface area contributed by atoms with Gasteiger partial charge in [-0.3, -0.25) is 9.36 Å². The highest BCUT2D eigenvalue weighted by Crippen LogP contribution is 2.26. The van der Waals surface area contributed by atoms with Crippen LogP contribution < -0.4 is 15.6 Å². The van der Waals surface area contributed by atoms with Crippen LogP contribution in [0.1, 0.15) is 11.3 Å². The van der Waals surface area contributed by atoms with Crippen LogP contribution in [0, 0.1) is 6.92 Å². The second-order valence-electron chi connectivity index (χ2n) is 8.35. The number of para-hydroxylation sites is 3. The van der Waals surface area contributed by atoms with Gasteiger partial charge in [-0.05, 0) is 55.0 Å². The van der Waals surface area contributed by atoms with Crippen LogP contribution in [0.15, 0.2) is 108 Å². The van der Waals surface area contributed by atoms with Gasteiger partial charge in [0.25, 0.3) is 0 Å². The highest BCUT2D eigenvalue weighted by Gasteiger charge is 2.16. The average Bonchev–Trinajstić information content (AvgIpc) is 2.87. The molecule has 0 aliphatic carbocycles. The minimum absolute atomic E-state index is 0.0586. The van der Waals surface area contributed by atoms with Gasteiger partial charge in [-0.25, -0.2) is 4.98 Å². The molecule has 2 aromatic heterocycles. The molecule has 1 N–H and O–H groups in total. The fourth-order valence-electron chi connectivity index (χ4n) is 4.16. The van der Waals surface area contributed by atoms with Crippen molar-refractivity contribution in [2.45, 2.75) is 13.5 Å². The van der Waals surface area contributed by atoms with Crippen molar-refractivity contribution in [1.29, 1.82) is 0 Å². The third-order valence-electron chi connectivity index (χ3n) is 5.95. The number of rotatable bonds is 6. The molecule has 5 heteroatoms. The molecule has 0 saturated carbocycles. The van der Waals surface area contributed by atoms with E-state index in [0.717, 1.165) is 28.3 Å². The molecule has 0 aliphatic heterocycles. The first-order valence-electron chi connectivity index (χ1n) is 11.3. The molecule has 0 saturated heterocycles. The van der Waals surface area contributed by atoms with Crippen molar-refractivity contribution >= 4 is 28.2 Å². The van der Waals surface area contributed by atoms with Crippen LogP contribution in [0.5, 0.6) is 0 Å². The third-order valence-corrected chi connectivity index (χ3v) is 5.95. The minimum Gasteiger partial charge on any atom is -0.370 e. The normalized spacial score (nSPS) is 10.9. The molecule has 0 amide bonds. The SMILES string of the molecule is Cc1nc2c(cc1CN(C)c1ccccc1)c(=O)cc(Nc1ccccc1)n2-c1ccccc1. The van der Waals surface area contributed by atoms with E-state index in [4.69, 9.17) is 4.98 Å². The van der Waals surface area contributed by atoms with Crippen molar-refractivity contribution in [2.75, 3.05) is 17.3 Å². The first-order chi connectivity index (χ1) is 16.6. The van der Waals surface area contributed by atoms with Crippen molar-refractivity contribution in [3.63, 3.8) is 0 Å². The molecular weight excluding hydrogens is 420 g/mol. The summed E-state index contributed by atoms with van der Waals surface area (Å²) >= 11 is 0. The fraction of sp³-hybridized carbons (Fsp3) is 0.103. The Morgan fingerprint density at radius 2 is 1.47 bits per heavy atom. The topological polar surface area (TPSA) is 50.2 Å². The van der Waals surface area contributed by atoms with E-state index in [2.05, 4.69) is 22.3 Å². The molecule has 0 atom stereocenters. The van der Waals surface area contributed by atoms with Crippen LogP contribution in [-0.4, -0.2) is 16.6 Å². The standard InChI is InChI=1S/C29H26N4O/c1-21-22(20-32(2)24-14-8-4-9-15-24)18-26-27(34)19-28(31-23-12-6-3-7-13-23)33(29(26)30-21)25-16-10-5-11-17-25/h3-19,31H,20H2,1-2H3. The van der Waals surface area contributed by atoms with Gasteiger partial charge in [0.15, 0.2) is 5.43 Å². The Morgan fingerprint density at radius 1 is 0.853 bits per heavy atom. The summed E-state index contributed by atoms with van der Waals surface area (Å²) in [6, 6.07) is 33.7. The molecule has 5 nitrogen and oxygen atoms in total. The maximum atomic E-state index is 13.3. The van der Waals surface area contributed by atoms with Gasteiger partial charge in [0.2, 0.25) is 0 Å². The van der Waals surface area contributed by atoms with Gasteiger partial charge in [-0.15, -0.1) is 0 Å². The lowest BCUT2D eigenvalue weighted by Crippen LogP contribution is -2.19. The van der Waals surface area contributed by atoms with Gasteiger partial charge >= 0.3 is 0 Å². The van der Waals surface area contributed by atoms with Crippen molar-refractivity contribution in [3.05, 3.63) is 125 Å². The quantitative estimate of drug-likeness (QED) is 0.344. The number of nitrogens with one attached hydrogen (secondary N) is 1. The monoisotopic (exact) mass is 446 g/mol. The first-order valence-corrected chi connectivity index (χ1v) is 11.3. The van der Waals surface area contributed by atoms with E-state index in [-0.39, 0.29) is 5.43 Å². The number of hydrogen-bond donors (Lipinski definition) is 1. The predicted molar refractivity (Wildman–Crippen MR) is 140 cm³/mol. The lowest BCUT2D eigenvalue weighted by molar-refractivity contribution is 0.901. The third kappa shape index (κ3) is 4.28. The second-order valence-corrected chi connectivity index (χ2v) is 8.35. The van der Waals surface area contributed by atoms with Gasteiger partial charge < -0.3 is 10.2 Å². The summed E-state index contributed by atoms with van der Waals surface area (Å²) in [6.07, 6.45) is 0. The van der Waals surface area contributed by atoms with Crippen molar-refractivity contribution in [2.24, 2.45) is 0 Å². The Kier molecular flexibility index (Phi) is 5.83. The Balaban J connectivity index is 1.65. The number of fused-ring (bicyclic) bond motifs is 1. The van der Waals surface area contributed by atoms with E-state index < -0.39 is 0 Å². The molecule has 168 valence electrons. The first kappa shape index (κ1) is 21.5. The summed E-state index contributed by atoms with van der Waals surface area (Å²) in [5.74, 6) is 0.677. The van der Waals surface area contributed by atoms with E-state index in [0.29, 0.717) is 23.4 Å². The smallest absolute Gasteiger partial charge is 0.193 e. The van der Waals surface area contributed by atoms with E-state index in [1.165, 1.54) is 0 Å². The summed E-state index contributed by atoms with van der Waals surface area (Å²) in [6.45, 7) is 2.66. The molecule has 5 aromatic rings. The maximum Gasteiger partial charge on any atom is 0.193 e.